The molecule has 0 radical (unpaired) electrons. The van der Waals surface area contributed by atoms with Gasteiger partial charge in [0, 0.05) is 11.1 Å². The maximum Gasteiger partial charge on any atom is 0.141 e. The summed E-state index contributed by atoms with van der Waals surface area (Å²) in [6, 6.07) is 39.2. The first-order valence-electron chi connectivity index (χ1n) is 10.8. The van der Waals surface area contributed by atoms with Crippen molar-refractivity contribution < 1.29 is 10.2 Å². The topological polar surface area (TPSA) is 40.5 Å². The van der Waals surface area contributed by atoms with E-state index in [9.17, 15) is 10.2 Å². The van der Waals surface area contributed by atoms with Crippen molar-refractivity contribution in [1.29, 1.82) is 0 Å². The third kappa shape index (κ3) is 2.42. The van der Waals surface area contributed by atoms with Gasteiger partial charge in [0.1, 0.15) is 11.2 Å². The molecule has 0 bridgehead atoms. The first-order valence-corrected chi connectivity index (χ1v) is 10.8. The second kappa shape index (κ2) is 6.89. The summed E-state index contributed by atoms with van der Waals surface area (Å²) in [6.07, 6.45) is 0. The molecule has 0 spiro atoms. The summed E-state index contributed by atoms with van der Waals surface area (Å²) in [5.41, 5.74) is 1.58. The van der Waals surface area contributed by atoms with Crippen molar-refractivity contribution in [2.75, 3.05) is 0 Å². The molecular formula is C30H22O2. The summed E-state index contributed by atoms with van der Waals surface area (Å²) in [6.45, 7) is 0. The number of hydrogen-bond donors (Lipinski definition) is 2. The molecule has 1 aliphatic carbocycles. The van der Waals surface area contributed by atoms with E-state index in [0.717, 1.165) is 27.5 Å². The Morgan fingerprint density at radius 3 is 1.56 bits per heavy atom. The van der Waals surface area contributed by atoms with Gasteiger partial charge in [0.05, 0.1) is 0 Å². The molecule has 5 aromatic carbocycles. The van der Waals surface area contributed by atoms with Crippen molar-refractivity contribution >= 4 is 10.8 Å². The molecule has 0 saturated heterocycles. The van der Waals surface area contributed by atoms with Crippen LogP contribution in [0.5, 0.6) is 0 Å². The molecule has 2 N–H and O–H groups in total. The molecule has 0 aliphatic heterocycles. The van der Waals surface area contributed by atoms with Gasteiger partial charge in [-0.3, -0.25) is 0 Å². The van der Waals surface area contributed by atoms with E-state index >= 15 is 0 Å². The van der Waals surface area contributed by atoms with Gasteiger partial charge in [0.25, 0.3) is 0 Å². The lowest BCUT2D eigenvalue weighted by molar-refractivity contribution is 0.0760. The Morgan fingerprint density at radius 2 is 0.906 bits per heavy atom. The molecule has 2 heteroatoms. The summed E-state index contributed by atoms with van der Waals surface area (Å²) in [4.78, 5) is 0. The van der Waals surface area contributed by atoms with Crippen LogP contribution in [0.3, 0.4) is 0 Å². The minimum atomic E-state index is -1.41. The van der Waals surface area contributed by atoms with Gasteiger partial charge in [-0.25, -0.2) is 0 Å². The molecule has 0 saturated carbocycles. The highest BCUT2D eigenvalue weighted by molar-refractivity contribution is 5.91. The Hall–Kier alpha value is -3.72. The molecule has 6 rings (SSSR count). The summed E-state index contributed by atoms with van der Waals surface area (Å²) in [5, 5.41) is 27.0. The third-order valence-corrected chi connectivity index (χ3v) is 6.77. The van der Waals surface area contributed by atoms with Crippen LogP contribution >= 0.6 is 0 Å². The van der Waals surface area contributed by atoms with Crippen LogP contribution in [-0.4, -0.2) is 10.2 Å². The Labute approximate surface area is 187 Å². The van der Waals surface area contributed by atoms with E-state index in [1.165, 1.54) is 0 Å². The molecular weight excluding hydrogens is 392 g/mol. The van der Waals surface area contributed by atoms with Crippen LogP contribution in [0.15, 0.2) is 121 Å². The van der Waals surface area contributed by atoms with E-state index in [-0.39, 0.29) is 0 Å². The molecule has 0 aromatic heterocycles. The van der Waals surface area contributed by atoms with Gasteiger partial charge in [-0.1, -0.05) is 121 Å². The first kappa shape index (κ1) is 19.0. The van der Waals surface area contributed by atoms with E-state index < -0.39 is 11.2 Å². The van der Waals surface area contributed by atoms with Crippen LogP contribution in [0.25, 0.3) is 10.8 Å². The van der Waals surface area contributed by atoms with Crippen molar-refractivity contribution in [1.82, 2.24) is 0 Å². The maximum absolute atomic E-state index is 12.6. The van der Waals surface area contributed by atoms with Gasteiger partial charge in [-0.05, 0) is 33.0 Å². The number of aliphatic hydroxyl groups is 2. The maximum atomic E-state index is 12.6. The second-order valence-electron chi connectivity index (χ2n) is 8.41. The Bertz CT molecular complexity index is 1440. The van der Waals surface area contributed by atoms with Crippen molar-refractivity contribution in [3.8, 4) is 0 Å². The van der Waals surface area contributed by atoms with Crippen LogP contribution < -0.4 is 0 Å². The van der Waals surface area contributed by atoms with Gasteiger partial charge < -0.3 is 10.2 Å². The van der Waals surface area contributed by atoms with Crippen LogP contribution in [0.1, 0.15) is 33.4 Å². The van der Waals surface area contributed by atoms with E-state index in [1.807, 2.05) is 121 Å². The van der Waals surface area contributed by atoms with Crippen LogP contribution in [0.2, 0.25) is 0 Å². The summed E-state index contributed by atoms with van der Waals surface area (Å²) in [7, 11) is 0. The summed E-state index contributed by atoms with van der Waals surface area (Å²) < 4.78 is 0. The standard InChI is InChI=1S/C30H22O2/c31-29(22-12-3-1-4-13-22)25-17-9-10-18-26(25)30(32,23-14-5-2-6-15-23)28-24-16-8-7-11-21(24)19-20-27(28)29/h1-20,31-32H. The molecule has 0 amide bonds. The minimum absolute atomic E-state index is 0.695. The summed E-state index contributed by atoms with van der Waals surface area (Å²) >= 11 is 0. The van der Waals surface area contributed by atoms with Gasteiger partial charge in [-0.15, -0.1) is 0 Å². The Morgan fingerprint density at radius 1 is 0.406 bits per heavy atom. The predicted molar refractivity (Wildman–Crippen MR) is 127 cm³/mol. The molecule has 2 unspecified atom stereocenters. The molecule has 0 heterocycles. The number of hydrogen-bond acceptors (Lipinski definition) is 2. The van der Waals surface area contributed by atoms with Crippen LogP contribution in [0, 0.1) is 0 Å². The average molecular weight is 415 g/mol. The normalized spacial score (nSPS) is 21.7. The van der Waals surface area contributed by atoms with Crippen molar-refractivity contribution in [2.45, 2.75) is 11.2 Å². The van der Waals surface area contributed by atoms with Crippen LogP contribution in [-0.2, 0) is 11.2 Å². The monoisotopic (exact) mass is 414 g/mol. The Balaban J connectivity index is 1.83. The first-order chi connectivity index (χ1) is 15.6. The SMILES string of the molecule is OC1(c2ccccc2)c2ccccc2C(O)(c2ccccc2)c2c1ccc1ccccc21. The van der Waals surface area contributed by atoms with E-state index in [1.54, 1.807) is 0 Å². The molecule has 5 aromatic rings. The van der Waals surface area contributed by atoms with Gasteiger partial charge >= 0.3 is 0 Å². The molecule has 2 nitrogen and oxygen atoms in total. The fraction of sp³-hybridized carbons (Fsp3) is 0.0667. The molecule has 2 atom stereocenters. The second-order valence-corrected chi connectivity index (χ2v) is 8.41. The largest absolute Gasteiger partial charge is 0.376 e. The van der Waals surface area contributed by atoms with E-state index in [4.69, 9.17) is 0 Å². The van der Waals surface area contributed by atoms with Crippen LogP contribution in [0.4, 0.5) is 0 Å². The zero-order valence-electron chi connectivity index (χ0n) is 17.4. The van der Waals surface area contributed by atoms with Crippen molar-refractivity contribution in [3.05, 3.63) is 155 Å². The fourth-order valence-electron chi connectivity index (χ4n) is 5.33. The van der Waals surface area contributed by atoms with Crippen molar-refractivity contribution in [2.24, 2.45) is 0 Å². The lowest BCUT2D eigenvalue weighted by atomic mass is 9.62. The zero-order valence-corrected chi connectivity index (χ0v) is 17.4. The van der Waals surface area contributed by atoms with Gasteiger partial charge in [-0.2, -0.15) is 0 Å². The number of rotatable bonds is 2. The highest BCUT2D eigenvalue weighted by Crippen LogP contribution is 2.54. The predicted octanol–water partition coefficient (Wildman–Crippen LogP) is 5.72. The number of fused-ring (bicyclic) bond motifs is 4. The van der Waals surface area contributed by atoms with Gasteiger partial charge in [0.15, 0.2) is 0 Å². The molecule has 0 fully saturated rings. The lowest BCUT2D eigenvalue weighted by Gasteiger charge is -2.45. The minimum Gasteiger partial charge on any atom is -0.376 e. The van der Waals surface area contributed by atoms with Crippen molar-refractivity contribution in [3.63, 3.8) is 0 Å². The molecule has 154 valence electrons. The summed E-state index contributed by atoms with van der Waals surface area (Å²) in [5.74, 6) is 0. The van der Waals surface area contributed by atoms with E-state index in [2.05, 4.69) is 0 Å². The highest BCUT2D eigenvalue weighted by atomic mass is 16.3. The van der Waals surface area contributed by atoms with Gasteiger partial charge in [0.2, 0.25) is 0 Å². The lowest BCUT2D eigenvalue weighted by Crippen LogP contribution is -2.44. The number of benzene rings is 5. The zero-order chi connectivity index (χ0) is 21.8. The third-order valence-electron chi connectivity index (χ3n) is 6.77. The molecule has 32 heavy (non-hydrogen) atoms. The quantitative estimate of drug-likeness (QED) is 0.388. The average Bonchev–Trinajstić information content (AvgIpc) is 2.88. The van der Waals surface area contributed by atoms with E-state index in [0.29, 0.717) is 16.7 Å². The molecule has 1 aliphatic rings. The fourth-order valence-corrected chi connectivity index (χ4v) is 5.33. The highest BCUT2D eigenvalue weighted by Gasteiger charge is 2.51. The smallest absolute Gasteiger partial charge is 0.141 e. The Kier molecular flexibility index (Phi) is 4.09.